The van der Waals surface area contributed by atoms with E-state index in [1.807, 2.05) is 19.1 Å². The maximum absolute atomic E-state index is 5.39. The summed E-state index contributed by atoms with van der Waals surface area (Å²) in [5.41, 5.74) is 1.77. The lowest BCUT2D eigenvalue weighted by atomic mass is 10.0. The van der Waals surface area contributed by atoms with Gasteiger partial charge in [-0.15, -0.1) is 0 Å². The molecule has 3 rings (SSSR count). The molecule has 1 fully saturated rings. The van der Waals surface area contributed by atoms with Gasteiger partial charge in [0.1, 0.15) is 17.1 Å². The minimum absolute atomic E-state index is 0.541. The molecule has 6 nitrogen and oxygen atoms in total. The Labute approximate surface area is 118 Å². The predicted molar refractivity (Wildman–Crippen MR) is 72.9 cm³/mol. The van der Waals surface area contributed by atoms with Crippen LogP contribution in [0.1, 0.15) is 30.0 Å². The number of aromatic nitrogens is 2. The van der Waals surface area contributed by atoms with Gasteiger partial charge in [0.25, 0.3) is 0 Å². The third kappa shape index (κ3) is 3.26. The number of rotatable bonds is 5. The van der Waals surface area contributed by atoms with Gasteiger partial charge in [-0.3, -0.25) is 4.90 Å². The van der Waals surface area contributed by atoms with Gasteiger partial charge in [0.15, 0.2) is 0 Å². The molecule has 2 aromatic rings. The van der Waals surface area contributed by atoms with Crippen molar-refractivity contribution in [2.75, 3.05) is 13.1 Å². The number of hydrogen-bond acceptors (Lipinski definition) is 6. The summed E-state index contributed by atoms with van der Waals surface area (Å²) in [4.78, 5) is 2.43. The molecule has 20 heavy (non-hydrogen) atoms. The zero-order valence-electron chi connectivity index (χ0n) is 11.7. The number of furan rings is 1. The van der Waals surface area contributed by atoms with Gasteiger partial charge in [-0.1, -0.05) is 10.3 Å². The number of likely N-dealkylation sites (tertiary alicyclic amines) is 1. The van der Waals surface area contributed by atoms with Gasteiger partial charge in [-0.2, -0.15) is 0 Å². The zero-order valence-corrected chi connectivity index (χ0v) is 11.7. The summed E-state index contributed by atoms with van der Waals surface area (Å²) < 4.78 is 10.1. The monoisotopic (exact) mass is 276 g/mol. The highest BCUT2D eigenvalue weighted by molar-refractivity contribution is 5.04. The largest absolute Gasteiger partial charge is 0.468 e. The lowest BCUT2D eigenvalue weighted by Crippen LogP contribution is -2.41. The van der Waals surface area contributed by atoms with E-state index >= 15 is 0 Å². The van der Waals surface area contributed by atoms with Crippen LogP contribution in [0.25, 0.3) is 0 Å². The van der Waals surface area contributed by atoms with Crippen molar-refractivity contribution in [3.8, 4) is 0 Å². The Morgan fingerprint density at radius 1 is 1.35 bits per heavy atom. The third-order valence-electron chi connectivity index (χ3n) is 3.85. The van der Waals surface area contributed by atoms with Crippen molar-refractivity contribution in [2.45, 2.75) is 38.9 Å². The van der Waals surface area contributed by atoms with Gasteiger partial charge in [0, 0.05) is 25.7 Å². The van der Waals surface area contributed by atoms with Crippen molar-refractivity contribution in [1.29, 1.82) is 0 Å². The fourth-order valence-electron chi connectivity index (χ4n) is 2.57. The average molecular weight is 276 g/mol. The molecule has 0 saturated carbocycles. The van der Waals surface area contributed by atoms with Gasteiger partial charge < -0.3 is 9.73 Å². The van der Waals surface area contributed by atoms with Crippen LogP contribution < -0.4 is 5.32 Å². The SMILES string of the molecule is Cc1nonc1CNC1CCN(Cc2ccco2)CC1. The van der Waals surface area contributed by atoms with Crippen LogP contribution in [0.15, 0.2) is 27.4 Å². The van der Waals surface area contributed by atoms with E-state index in [0.29, 0.717) is 6.04 Å². The lowest BCUT2D eigenvalue weighted by molar-refractivity contribution is 0.178. The summed E-state index contributed by atoms with van der Waals surface area (Å²) in [5, 5.41) is 11.2. The summed E-state index contributed by atoms with van der Waals surface area (Å²) in [5.74, 6) is 1.04. The fourth-order valence-corrected chi connectivity index (χ4v) is 2.57. The highest BCUT2D eigenvalue weighted by Crippen LogP contribution is 2.14. The second-order valence-corrected chi connectivity index (χ2v) is 5.31. The van der Waals surface area contributed by atoms with Crippen LogP contribution in [0.3, 0.4) is 0 Å². The van der Waals surface area contributed by atoms with Gasteiger partial charge in [0.05, 0.1) is 12.8 Å². The topological polar surface area (TPSA) is 67.3 Å². The number of aryl methyl sites for hydroxylation is 1. The Balaban J connectivity index is 1.41. The van der Waals surface area contributed by atoms with E-state index in [-0.39, 0.29) is 0 Å². The van der Waals surface area contributed by atoms with E-state index in [1.165, 1.54) is 0 Å². The Morgan fingerprint density at radius 3 is 2.85 bits per heavy atom. The summed E-state index contributed by atoms with van der Waals surface area (Å²) in [6, 6.07) is 4.52. The third-order valence-corrected chi connectivity index (χ3v) is 3.85. The maximum Gasteiger partial charge on any atom is 0.121 e. The molecule has 0 bridgehead atoms. The van der Waals surface area contributed by atoms with Crippen molar-refractivity contribution < 1.29 is 9.05 Å². The Kier molecular flexibility index (Phi) is 4.13. The van der Waals surface area contributed by atoms with E-state index in [4.69, 9.17) is 9.05 Å². The summed E-state index contributed by atoms with van der Waals surface area (Å²) in [6.45, 7) is 5.74. The summed E-state index contributed by atoms with van der Waals surface area (Å²) >= 11 is 0. The van der Waals surface area contributed by atoms with Gasteiger partial charge in [-0.05, 0) is 31.9 Å². The van der Waals surface area contributed by atoms with Crippen molar-refractivity contribution in [3.63, 3.8) is 0 Å². The van der Waals surface area contributed by atoms with E-state index in [1.54, 1.807) is 6.26 Å². The van der Waals surface area contributed by atoms with Crippen LogP contribution >= 0.6 is 0 Å². The molecular formula is C14H20N4O2. The molecule has 0 amide bonds. The van der Waals surface area contributed by atoms with E-state index in [2.05, 4.69) is 20.5 Å². The van der Waals surface area contributed by atoms with Crippen LogP contribution in [0.4, 0.5) is 0 Å². The first-order valence-electron chi connectivity index (χ1n) is 7.07. The van der Waals surface area contributed by atoms with Gasteiger partial charge >= 0.3 is 0 Å². The molecule has 6 heteroatoms. The second kappa shape index (κ2) is 6.19. The number of piperidine rings is 1. The normalized spacial score (nSPS) is 17.6. The van der Waals surface area contributed by atoms with Crippen LogP contribution in [-0.2, 0) is 13.1 Å². The summed E-state index contributed by atoms with van der Waals surface area (Å²) in [6.07, 6.45) is 4.02. The number of hydrogen-bond donors (Lipinski definition) is 1. The smallest absolute Gasteiger partial charge is 0.121 e. The molecular weight excluding hydrogens is 256 g/mol. The zero-order chi connectivity index (χ0) is 13.8. The Morgan fingerprint density at radius 2 is 2.20 bits per heavy atom. The molecule has 0 radical (unpaired) electrons. The van der Waals surface area contributed by atoms with E-state index in [0.717, 1.165) is 56.2 Å². The molecule has 1 aliphatic heterocycles. The molecule has 0 atom stereocenters. The first-order chi connectivity index (χ1) is 9.81. The van der Waals surface area contributed by atoms with Crippen molar-refractivity contribution in [3.05, 3.63) is 35.5 Å². The minimum atomic E-state index is 0.541. The second-order valence-electron chi connectivity index (χ2n) is 5.31. The number of nitrogens with zero attached hydrogens (tertiary/aromatic N) is 3. The fraction of sp³-hybridized carbons (Fsp3) is 0.571. The molecule has 0 aromatic carbocycles. The highest BCUT2D eigenvalue weighted by Gasteiger charge is 2.20. The molecule has 108 valence electrons. The Bertz CT molecular complexity index is 515. The first kappa shape index (κ1) is 13.3. The van der Waals surface area contributed by atoms with Crippen LogP contribution in [0.2, 0.25) is 0 Å². The van der Waals surface area contributed by atoms with Crippen molar-refractivity contribution in [1.82, 2.24) is 20.5 Å². The molecule has 0 spiro atoms. The quantitative estimate of drug-likeness (QED) is 0.897. The lowest BCUT2D eigenvalue weighted by Gasteiger charge is -2.31. The van der Waals surface area contributed by atoms with Crippen LogP contribution in [0, 0.1) is 6.92 Å². The number of nitrogens with one attached hydrogen (secondary N) is 1. The van der Waals surface area contributed by atoms with E-state index in [9.17, 15) is 0 Å². The molecule has 1 N–H and O–H groups in total. The predicted octanol–water partition coefficient (Wildman–Crippen LogP) is 1.73. The first-order valence-corrected chi connectivity index (χ1v) is 7.07. The maximum atomic E-state index is 5.39. The van der Waals surface area contributed by atoms with E-state index < -0.39 is 0 Å². The highest BCUT2D eigenvalue weighted by atomic mass is 16.6. The Hall–Kier alpha value is -1.66. The molecule has 3 heterocycles. The molecule has 1 aliphatic rings. The molecule has 0 unspecified atom stereocenters. The van der Waals surface area contributed by atoms with Crippen LogP contribution in [-0.4, -0.2) is 34.3 Å². The molecule has 2 aromatic heterocycles. The van der Waals surface area contributed by atoms with Gasteiger partial charge in [-0.25, -0.2) is 4.63 Å². The van der Waals surface area contributed by atoms with Crippen molar-refractivity contribution in [2.24, 2.45) is 0 Å². The van der Waals surface area contributed by atoms with Gasteiger partial charge in [0.2, 0.25) is 0 Å². The average Bonchev–Trinajstić information content (AvgIpc) is 3.10. The van der Waals surface area contributed by atoms with Crippen molar-refractivity contribution >= 4 is 0 Å². The summed E-state index contributed by atoms with van der Waals surface area (Å²) in [7, 11) is 0. The minimum Gasteiger partial charge on any atom is -0.468 e. The molecule has 0 aliphatic carbocycles. The standard InChI is InChI=1S/C14H20N4O2/c1-11-14(17-20-16-11)9-15-12-4-6-18(7-5-12)10-13-3-2-8-19-13/h2-3,8,12,15H,4-7,9-10H2,1H3. The van der Waals surface area contributed by atoms with Crippen LogP contribution in [0.5, 0.6) is 0 Å². The molecule has 1 saturated heterocycles.